The number of nitrogens with one attached hydrogen (secondary N) is 2. The third-order valence-corrected chi connectivity index (χ3v) is 5.88. The summed E-state index contributed by atoms with van der Waals surface area (Å²) in [6, 6.07) is 11.0. The van der Waals surface area contributed by atoms with Crippen molar-refractivity contribution < 1.29 is 14.3 Å². The molecule has 1 saturated heterocycles. The van der Waals surface area contributed by atoms with Crippen molar-refractivity contribution in [1.29, 1.82) is 0 Å². The van der Waals surface area contributed by atoms with E-state index in [9.17, 15) is 9.59 Å². The minimum atomic E-state index is -0.654. The van der Waals surface area contributed by atoms with Crippen LogP contribution in [0.15, 0.2) is 36.4 Å². The summed E-state index contributed by atoms with van der Waals surface area (Å²) in [5, 5.41) is 6.56. The van der Waals surface area contributed by atoms with E-state index in [1.165, 1.54) is 0 Å². The van der Waals surface area contributed by atoms with E-state index in [1.807, 2.05) is 45.0 Å². The van der Waals surface area contributed by atoms with Crippen LogP contribution in [0.3, 0.4) is 0 Å². The molecule has 2 aromatic rings. The van der Waals surface area contributed by atoms with Crippen LogP contribution in [0.4, 0.5) is 27.8 Å². The lowest BCUT2D eigenvalue weighted by molar-refractivity contribution is 0.0559. The fraction of sp³-hybridized carbons (Fsp3) is 0.500. The van der Waals surface area contributed by atoms with E-state index in [0.29, 0.717) is 18.2 Å². The number of carbonyl (C=O) groups excluding carboxylic acids is 2. The lowest BCUT2D eigenvalue weighted by atomic mass is 10.1. The van der Waals surface area contributed by atoms with Crippen LogP contribution >= 0.6 is 0 Å². The first-order chi connectivity index (χ1) is 16.6. The minimum Gasteiger partial charge on any atom is -0.443 e. The second-order valence-corrected chi connectivity index (χ2v) is 9.62. The van der Waals surface area contributed by atoms with Gasteiger partial charge in [-0.05, 0) is 90.4 Å². The lowest BCUT2D eigenvalue weighted by Crippen LogP contribution is -2.50. The first kappa shape index (κ1) is 26.3. The van der Waals surface area contributed by atoms with Gasteiger partial charge in [-0.1, -0.05) is 0 Å². The zero-order chi connectivity index (χ0) is 25.6. The number of hydrogen-bond acceptors (Lipinski definition) is 7. The van der Waals surface area contributed by atoms with Gasteiger partial charge in [0.25, 0.3) is 5.91 Å². The molecule has 1 fully saturated rings. The molecule has 0 unspecified atom stereocenters. The average Bonchev–Trinajstić information content (AvgIpc) is 2.80. The molecule has 0 aliphatic carbocycles. The molecule has 2 heterocycles. The van der Waals surface area contributed by atoms with Gasteiger partial charge in [0.1, 0.15) is 17.2 Å². The number of aromatic nitrogens is 1. The Morgan fingerprint density at radius 3 is 2.37 bits per heavy atom. The van der Waals surface area contributed by atoms with Crippen LogP contribution in [0.25, 0.3) is 0 Å². The fourth-order valence-electron chi connectivity index (χ4n) is 4.15. The Morgan fingerprint density at radius 1 is 1.14 bits per heavy atom. The van der Waals surface area contributed by atoms with Gasteiger partial charge < -0.3 is 26.0 Å². The molecule has 4 N–H and O–H groups in total. The Kier molecular flexibility index (Phi) is 8.56. The number of ether oxygens (including phenoxy) is 1. The van der Waals surface area contributed by atoms with E-state index in [1.54, 1.807) is 17.0 Å². The third kappa shape index (κ3) is 6.85. The summed E-state index contributed by atoms with van der Waals surface area (Å²) in [4.78, 5) is 33.9. The standard InChI is InChI=1S/C26H38N6O3/c1-6-31(7-2)19-12-10-18(11-13-19)29-24-21(23(27)33)14-15-22(30-24)32(20-9-8-16-28-17-20)25(34)35-26(3,4)5/h10-15,20,28H,6-9,16-17H2,1-5H3,(H2,27,33)(H,29,30)/t20-/m1/s1. The van der Waals surface area contributed by atoms with Crippen LogP contribution in [0.5, 0.6) is 0 Å². The van der Waals surface area contributed by atoms with Gasteiger partial charge in [0.15, 0.2) is 0 Å². The van der Waals surface area contributed by atoms with Gasteiger partial charge in [0.2, 0.25) is 0 Å². The zero-order valence-corrected chi connectivity index (χ0v) is 21.4. The van der Waals surface area contributed by atoms with Crippen LogP contribution < -0.4 is 26.2 Å². The number of pyridine rings is 1. The molecule has 1 aromatic carbocycles. The molecule has 1 aliphatic rings. The molecule has 1 aliphatic heterocycles. The number of anilines is 4. The largest absolute Gasteiger partial charge is 0.443 e. The second kappa shape index (κ2) is 11.4. The van der Waals surface area contributed by atoms with Crippen molar-refractivity contribution in [3.8, 4) is 0 Å². The second-order valence-electron chi connectivity index (χ2n) is 9.62. The van der Waals surface area contributed by atoms with Gasteiger partial charge in [-0.25, -0.2) is 9.78 Å². The number of hydrogen-bond donors (Lipinski definition) is 3. The van der Waals surface area contributed by atoms with Crippen molar-refractivity contribution in [3.05, 3.63) is 42.0 Å². The molecule has 190 valence electrons. The summed E-state index contributed by atoms with van der Waals surface area (Å²) in [6.07, 6.45) is 1.29. The van der Waals surface area contributed by atoms with E-state index in [2.05, 4.69) is 34.4 Å². The van der Waals surface area contributed by atoms with E-state index in [4.69, 9.17) is 10.5 Å². The highest BCUT2D eigenvalue weighted by atomic mass is 16.6. The number of benzene rings is 1. The molecule has 0 spiro atoms. The SMILES string of the molecule is CCN(CC)c1ccc(Nc2nc(N(C(=O)OC(C)(C)C)[C@@H]3CCCNC3)ccc2C(N)=O)cc1. The van der Waals surface area contributed by atoms with Crippen LogP contribution in [0.2, 0.25) is 0 Å². The summed E-state index contributed by atoms with van der Waals surface area (Å²) < 4.78 is 5.70. The molecule has 2 amide bonds. The molecule has 0 bridgehead atoms. The lowest BCUT2D eigenvalue weighted by Gasteiger charge is -2.35. The van der Waals surface area contributed by atoms with Crippen molar-refractivity contribution in [3.63, 3.8) is 0 Å². The first-order valence-corrected chi connectivity index (χ1v) is 12.3. The topological polar surface area (TPSA) is 113 Å². The van der Waals surface area contributed by atoms with E-state index < -0.39 is 17.6 Å². The summed E-state index contributed by atoms with van der Waals surface area (Å²) in [5.41, 5.74) is 7.10. The van der Waals surface area contributed by atoms with E-state index in [-0.39, 0.29) is 11.6 Å². The Balaban J connectivity index is 1.96. The number of primary amides is 1. The van der Waals surface area contributed by atoms with Crippen molar-refractivity contribution >= 4 is 35.0 Å². The molecule has 1 aromatic heterocycles. The van der Waals surface area contributed by atoms with Gasteiger partial charge in [-0.15, -0.1) is 0 Å². The van der Waals surface area contributed by atoms with E-state index >= 15 is 0 Å². The zero-order valence-electron chi connectivity index (χ0n) is 21.4. The first-order valence-electron chi connectivity index (χ1n) is 12.3. The normalized spacial score (nSPS) is 15.9. The van der Waals surface area contributed by atoms with Crippen LogP contribution in [0, 0.1) is 0 Å². The molecule has 1 atom stereocenters. The Morgan fingerprint density at radius 2 is 1.83 bits per heavy atom. The smallest absolute Gasteiger partial charge is 0.416 e. The molecule has 0 radical (unpaired) electrons. The minimum absolute atomic E-state index is 0.119. The van der Waals surface area contributed by atoms with Crippen LogP contribution in [-0.2, 0) is 4.74 Å². The van der Waals surface area contributed by atoms with Crippen LogP contribution in [-0.4, -0.2) is 54.8 Å². The number of amides is 2. The number of rotatable bonds is 8. The van der Waals surface area contributed by atoms with Gasteiger partial charge in [-0.3, -0.25) is 9.69 Å². The molecular weight excluding hydrogens is 444 g/mol. The van der Waals surface area contributed by atoms with Crippen molar-refractivity contribution in [2.75, 3.05) is 41.3 Å². The highest BCUT2D eigenvalue weighted by Gasteiger charge is 2.32. The number of nitrogens with two attached hydrogens (primary N) is 1. The molecular formula is C26H38N6O3. The van der Waals surface area contributed by atoms with Crippen LogP contribution in [0.1, 0.15) is 57.8 Å². The summed E-state index contributed by atoms with van der Waals surface area (Å²) in [6.45, 7) is 13.1. The maximum atomic E-state index is 13.2. The van der Waals surface area contributed by atoms with Gasteiger partial charge in [-0.2, -0.15) is 0 Å². The van der Waals surface area contributed by atoms with Crippen molar-refractivity contribution in [2.24, 2.45) is 5.73 Å². The van der Waals surface area contributed by atoms with Crippen molar-refractivity contribution in [1.82, 2.24) is 10.3 Å². The molecule has 0 saturated carbocycles. The number of carbonyl (C=O) groups is 2. The summed E-state index contributed by atoms with van der Waals surface area (Å²) >= 11 is 0. The number of nitrogens with zero attached hydrogens (tertiary/aromatic N) is 3. The quantitative estimate of drug-likeness (QED) is 0.515. The fourth-order valence-corrected chi connectivity index (χ4v) is 4.15. The highest BCUT2D eigenvalue weighted by Crippen LogP contribution is 2.28. The Labute approximate surface area is 208 Å². The van der Waals surface area contributed by atoms with Gasteiger partial charge in [0.05, 0.1) is 11.6 Å². The molecule has 9 nitrogen and oxygen atoms in total. The predicted octanol–water partition coefficient (Wildman–Crippen LogP) is 4.26. The maximum absolute atomic E-state index is 13.2. The molecule has 3 rings (SSSR count). The Bertz CT molecular complexity index is 1010. The van der Waals surface area contributed by atoms with Crippen molar-refractivity contribution in [2.45, 2.75) is 59.1 Å². The molecule has 9 heteroatoms. The van der Waals surface area contributed by atoms with Gasteiger partial charge in [0, 0.05) is 31.0 Å². The average molecular weight is 483 g/mol. The summed E-state index contributed by atoms with van der Waals surface area (Å²) in [5.74, 6) is 0.0950. The maximum Gasteiger partial charge on any atom is 0.416 e. The Hall–Kier alpha value is -3.33. The number of piperidine rings is 1. The van der Waals surface area contributed by atoms with E-state index in [0.717, 1.165) is 43.9 Å². The molecule has 35 heavy (non-hydrogen) atoms. The summed E-state index contributed by atoms with van der Waals surface area (Å²) in [7, 11) is 0. The third-order valence-electron chi connectivity index (χ3n) is 5.88. The predicted molar refractivity (Wildman–Crippen MR) is 141 cm³/mol. The highest BCUT2D eigenvalue weighted by molar-refractivity contribution is 5.99. The monoisotopic (exact) mass is 482 g/mol. The van der Waals surface area contributed by atoms with Gasteiger partial charge >= 0.3 is 6.09 Å².